The molecule has 1 saturated heterocycles. The van der Waals surface area contributed by atoms with Gasteiger partial charge in [-0.3, -0.25) is 14.4 Å². The molecule has 6 rings (SSSR count). The number of nitrogens with zero attached hydrogens (tertiary/aromatic N) is 3. The lowest BCUT2D eigenvalue weighted by atomic mass is 9.95. The van der Waals surface area contributed by atoms with Crippen molar-refractivity contribution in [2.75, 3.05) is 13.1 Å². The molecule has 1 aliphatic heterocycles. The Labute approximate surface area is 295 Å². The first-order valence-electron chi connectivity index (χ1n) is 16.6. The second-order valence-corrected chi connectivity index (χ2v) is 14.7. The number of nitrogens with one attached hydrogen (secondary N) is 1. The Balaban J connectivity index is 1.15. The molecule has 0 aliphatic carbocycles. The molecule has 3 aromatic carbocycles. The summed E-state index contributed by atoms with van der Waals surface area (Å²) >= 11 is 1.39. The first-order chi connectivity index (χ1) is 23.9. The summed E-state index contributed by atoms with van der Waals surface area (Å²) in [4.78, 5) is 50.1. The van der Waals surface area contributed by atoms with Crippen molar-refractivity contribution in [3.63, 3.8) is 0 Å². The zero-order chi connectivity index (χ0) is 35.6. The number of benzene rings is 3. The molecule has 50 heavy (non-hydrogen) atoms. The van der Waals surface area contributed by atoms with E-state index in [1.165, 1.54) is 27.9 Å². The zero-order valence-electron chi connectivity index (χ0n) is 28.4. The number of carbonyl (C=O) groups excluding carboxylic acids is 2. The Bertz CT molecular complexity index is 2010. The van der Waals surface area contributed by atoms with Crippen LogP contribution in [0.4, 0.5) is 4.39 Å². The third-order valence-corrected chi connectivity index (χ3v) is 10.5. The molecule has 0 spiro atoms. The average Bonchev–Trinajstić information content (AvgIpc) is 3.60. The highest BCUT2D eigenvalue weighted by Crippen LogP contribution is 2.31. The molecule has 2 aromatic heterocycles. The fraction of sp³-hybridized carbons (Fsp3) is 0.275. The number of likely N-dealkylation sites (tertiary alicyclic amines) is 1. The van der Waals surface area contributed by atoms with Crippen LogP contribution >= 0.6 is 11.3 Å². The van der Waals surface area contributed by atoms with Crippen molar-refractivity contribution in [2.45, 2.75) is 52.0 Å². The maximum Gasteiger partial charge on any atom is 0.310 e. The summed E-state index contributed by atoms with van der Waals surface area (Å²) in [6.07, 6.45) is 4.36. The zero-order valence-corrected chi connectivity index (χ0v) is 29.3. The average molecular weight is 691 g/mol. The van der Waals surface area contributed by atoms with Gasteiger partial charge < -0.3 is 15.3 Å². The number of carboxylic acid groups (broad SMARTS) is 1. The number of carboxylic acids is 1. The fourth-order valence-electron chi connectivity index (χ4n) is 5.83. The lowest BCUT2D eigenvalue weighted by Crippen LogP contribution is -2.59. The number of hydrogen-bond donors (Lipinski definition) is 2. The van der Waals surface area contributed by atoms with Crippen LogP contribution in [0.5, 0.6) is 0 Å². The molecule has 3 heterocycles. The second-order valence-electron chi connectivity index (χ2n) is 13.7. The van der Waals surface area contributed by atoms with Gasteiger partial charge in [-0.15, -0.1) is 11.3 Å². The number of aliphatic carboxylic acids is 1. The van der Waals surface area contributed by atoms with E-state index < -0.39 is 17.9 Å². The van der Waals surface area contributed by atoms with Crippen LogP contribution in [0, 0.1) is 11.7 Å². The van der Waals surface area contributed by atoms with E-state index in [9.17, 15) is 19.5 Å². The van der Waals surface area contributed by atoms with E-state index in [0.717, 1.165) is 33.6 Å². The number of hydrogen-bond acceptors (Lipinski definition) is 6. The van der Waals surface area contributed by atoms with Gasteiger partial charge in [-0.2, -0.15) is 0 Å². The van der Waals surface area contributed by atoms with Gasteiger partial charge in [-0.1, -0.05) is 88.4 Å². The summed E-state index contributed by atoms with van der Waals surface area (Å²) in [5.74, 6) is -2.11. The number of carbonyl (C=O) groups is 3. The van der Waals surface area contributed by atoms with Crippen molar-refractivity contribution < 1.29 is 23.9 Å². The van der Waals surface area contributed by atoms with E-state index in [0.29, 0.717) is 21.8 Å². The van der Waals surface area contributed by atoms with Gasteiger partial charge in [-0.05, 0) is 52.3 Å². The first kappa shape index (κ1) is 34.6. The number of aryl methyl sites for hydroxylation is 1. The quantitative estimate of drug-likeness (QED) is 0.158. The van der Waals surface area contributed by atoms with E-state index >= 15 is 4.39 Å². The van der Waals surface area contributed by atoms with Gasteiger partial charge in [0.2, 0.25) is 5.91 Å². The van der Waals surface area contributed by atoms with Gasteiger partial charge >= 0.3 is 5.97 Å². The maximum absolute atomic E-state index is 15.2. The molecule has 2 amide bonds. The molecular weight excluding hydrogens is 652 g/mol. The minimum absolute atomic E-state index is 0.112. The van der Waals surface area contributed by atoms with Crippen molar-refractivity contribution in [2.24, 2.45) is 5.92 Å². The van der Waals surface area contributed by atoms with Gasteiger partial charge in [0.15, 0.2) is 5.82 Å². The highest BCUT2D eigenvalue weighted by molar-refractivity contribution is 7.14. The van der Waals surface area contributed by atoms with E-state index in [-0.39, 0.29) is 42.6 Å². The molecule has 1 atom stereocenters. The van der Waals surface area contributed by atoms with Gasteiger partial charge in [0.25, 0.3) is 5.91 Å². The van der Waals surface area contributed by atoms with Crippen molar-refractivity contribution in [3.8, 4) is 33.6 Å². The standard InChI is InChI=1S/C40H39FN4O4S/c1-5-24-6-10-26(11-7-24)28-14-15-31(32(41)19-28)29-20-42-36(43-21-29)27-12-8-25(9-13-27)18-33(38(47)45-22-30(23-45)39(48)49)44-37(46)34-16-17-35(50-34)40(2,3)4/h6-17,19-21,30,33H,5,18,22-23H2,1-4H3,(H,44,46)(H,48,49)/t33-/m0/s1. The number of rotatable bonds is 10. The van der Waals surface area contributed by atoms with Crippen molar-refractivity contribution >= 4 is 29.1 Å². The van der Waals surface area contributed by atoms with Crippen LogP contribution in [0.15, 0.2) is 91.3 Å². The fourth-order valence-corrected chi connectivity index (χ4v) is 6.80. The smallest absolute Gasteiger partial charge is 0.310 e. The van der Waals surface area contributed by atoms with Crippen molar-refractivity contribution in [1.82, 2.24) is 20.2 Å². The van der Waals surface area contributed by atoms with Crippen molar-refractivity contribution in [3.05, 3.63) is 118 Å². The summed E-state index contributed by atoms with van der Waals surface area (Å²) in [6, 6.07) is 23.5. The molecule has 0 radical (unpaired) electrons. The van der Waals surface area contributed by atoms with Gasteiger partial charge in [-0.25, -0.2) is 14.4 Å². The Kier molecular flexibility index (Phi) is 9.93. The highest BCUT2D eigenvalue weighted by atomic mass is 32.1. The largest absolute Gasteiger partial charge is 0.481 e. The predicted octanol–water partition coefficient (Wildman–Crippen LogP) is 7.42. The Morgan fingerprint density at radius 3 is 2.08 bits per heavy atom. The van der Waals surface area contributed by atoms with E-state index in [2.05, 4.69) is 55.1 Å². The van der Waals surface area contributed by atoms with Gasteiger partial charge in [0, 0.05) is 53.5 Å². The molecule has 0 unspecified atom stereocenters. The summed E-state index contributed by atoms with van der Waals surface area (Å²) in [6.45, 7) is 8.54. The number of aromatic nitrogens is 2. The first-order valence-corrected chi connectivity index (χ1v) is 17.4. The van der Waals surface area contributed by atoms with Crippen LogP contribution in [0.25, 0.3) is 33.6 Å². The molecule has 8 nitrogen and oxygen atoms in total. The van der Waals surface area contributed by atoms with Crippen LogP contribution < -0.4 is 5.32 Å². The Hall–Kier alpha value is -5.22. The van der Waals surface area contributed by atoms with E-state index in [1.54, 1.807) is 24.5 Å². The second kappa shape index (κ2) is 14.3. The van der Waals surface area contributed by atoms with Crippen molar-refractivity contribution in [1.29, 1.82) is 0 Å². The van der Waals surface area contributed by atoms with E-state index in [1.807, 2.05) is 48.5 Å². The van der Waals surface area contributed by atoms with Gasteiger partial charge in [0.1, 0.15) is 11.9 Å². The maximum atomic E-state index is 15.2. The molecule has 0 bridgehead atoms. The van der Waals surface area contributed by atoms with Gasteiger partial charge in [0.05, 0.1) is 10.8 Å². The summed E-state index contributed by atoms with van der Waals surface area (Å²) < 4.78 is 15.2. The normalized spacial score (nSPS) is 13.8. The molecule has 0 saturated carbocycles. The number of amides is 2. The van der Waals surface area contributed by atoms with Crippen LogP contribution in [-0.2, 0) is 27.8 Å². The molecule has 1 fully saturated rings. The molecule has 256 valence electrons. The Morgan fingerprint density at radius 1 is 0.880 bits per heavy atom. The lowest BCUT2D eigenvalue weighted by molar-refractivity contribution is -0.153. The highest BCUT2D eigenvalue weighted by Gasteiger charge is 2.39. The van der Waals surface area contributed by atoms with Crippen LogP contribution in [0.3, 0.4) is 0 Å². The van der Waals surface area contributed by atoms with Crippen LogP contribution in [0.2, 0.25) is 0 Å². The number of halogens is 1. The monoisotopic (exact) mass is 690 g/mol. The minimum Gasteiger partial charge on any atom is -0.481 e. The lowest BCUT2D eigenvalue weighted by Gasteiger charge is -2.38. The SMILES string of the molecule is CCc1ccc(-c2ccc(-c3cnc(-c4ccc(C[C@H](NC(=O)c5ccc(C(C)(C)C)s5)C(=O)N5CC(C(=O)O)C5)cc4)nc3)c(F)c2)cc1. The third-order valence-electron chi connectivity index (χ3n) is 8.99. The van der Waals surface area contributed by atoms with Crippen LogP contribution in [-0.4, -0.2) is 56.9 Å². The molecular formula is C40H39FN4O4S. The summed E-state index contributed by atoms with van der Waals surface area (Å²) in [5.41, 5.74) is 5.36. The topological polar surface area (TPSA) is 112 Å². The predicted molar refractivity (Wildman–Crippen MR) is 193 cm³/mol. The Morgan fingerprint density at radius 2 is 1.50 bits per heavy atom. The summed E-state index contributed by atoms with van der Waals surface area (Å²) in [7, 11) is 0. The number of thiophene rings is 1. The third kappa shape index (κ3) is 7.65. The summed E-state index contributed by atoms with van der Waals surface area (Å²) in [5, 5.41) is 12.2. The van der Waals surface area contributed by atoms with Crippen LogP contribution in [0.1, 0.15) is 53.4 Å². The molecule has 2 N–H and O–H groups in total. The molecule has 1 aliphatic rings. The van der Waals surface area contributed by atoms with E-state index in [4.69, 9.17) is 0 Å². The minimum atomic E-state index is -0.940. The molecule has 10 heteroatoms. The molecule has 5 aromatic rings.